The van der Waals surface area contributed by atoms with Gasteiger partial charge in [-0.3, -0.25) is 14.6 Å². The van der Waals surface area contributed by atoms with Crippen LogP contribution in [0.5, 0.6) is 28.7 Å². The van der Waals surface area contributed by atoms with E-state index >= 15 is 0 Å². The Morgan fingerprint density at radius 3 is 2.33 bits per heavy atom. The predicted molar refractivity (Wildman–Crippen MR) is 148 cm³/mol. The number of hydrogen-bond acceptors (Lipinski definition) is 8. The minimum Gasteiger partial charge on any atom is -0.493 e. The summed E-state index contributed by atoms with van der Waals surface area (Å²) in [6.07, 6.45) is 7.38. The van der Waals surface area contributed by atoms with Crippen LogP contribution in [-0.2, 0) is 0 Å². The number of fused-ring (bicyclic) bond motifs is 2. The molecule has 0 bridgehead atoms. The number of aliphatic imine (C=N–C) groups is 1. The summed E-state index contributed by atoms with van der Waals surface area (Å²) in [5, 5.41) is 2.94. The molecule has 10 nitrogen and oxygen atoms in total. The first kappa shape index (κ1) is 28.1. The largest absolute Gasteiger partial charge is 0.493 e. The lowest BCUT2D eigenvalue weighted by molar-refractivity contribution is 0.0774. The van der Waals surface area contributed by atoms with E-state index in [-0.39, 0.29) is 17.9 Å². The quantitative estimate of drug-likeness (QED) is 0.376. The zero-order valence-corrected chi connectivity index (χ0v) is 23.1. The number of nitrogens with zero attached hydrogens (tertiary/aromatic N) is 2. The van der Waals surface area contributed by atoms with Crippen molar-refractivity contribution in [2.45, 2.75) is 44.6 Å². The molecule has 1 fully saturated rings. The zero-order valence-electron chi connectivity index (χ0n) is 23.1. The van der Waals surface area contributed by atoms with Crippen LogP contribution in [0.25, 0.3) is 0 Å². The molecule has 1 saturated heterocycles. The van der Waals surface area contributed by atoms with Gasteiger partial charge in [0.1, 0.15) is 0 Å². The van der Waals surface area contributed by atoms with E-state index in [1.807, 2.05) is 11.1 Å². The molecule has 2 aliphatic heterocycles. The normalized spacial score (nSPS) is 15.7. The summed E-state index contributed by atoms with van der Waals surface area (Å²) >= 11 is 0. The average molecular weight is 540 g/mol. The van der Waals surface area contributed by atoms with Crippen LogP contribution in [0.2, 0.25) is 0 Å². The third-order valence-corrected chi connectivity index (χ3v) is 7.00. The minimum atomic E-state index is -0.200. The van der Waals surface area contributed by atoms with Gasteiger partial charge in [-0.1, -0.05) is 12.8 Å². The second kappa shape index (κ2) is 13.2. The van der Waals surface area contributed by atoms with E-state index < -0.39 is 0 Å². The van der Waals surface area contributed by atoms with Gasteiger partial charge in [-0.05, 0) is 43.9 Å². The fraction of sp³-hybridized carbons (Fsp3) is 0.483. The van der Waals surface area contributed by atoms with E-state index in [1.165, 1.54) is 21.3 Å². The Kier molecular flexibility index (Phi) is 9.51. The molecule has 2 aromatic rings. The van der Waals surface area contributed by atoms with Crippen LogP contribution < -0.4 is 29.0 Å². The molecule has 0 aliphatic carbocycles. The molecule has 0 aromatic heterocycles. The summed E-state index contributed by atoms with van der Waals surface area (Å²) in [6, 6.07) is 6.86. The third-order valence-electron chi connectivity index (χ3n) is 7.00. The maximum absolute atomic E-state index is 13.0. The molecule has 2 aromatic carbocycles. The van der Waals surface area contributed by atoms with E-state index in [0.29, 0.717) is 58.7 Å². The summed E-state index contributed by atoms with van der Waals surface area (Å²) in [5.74, 6) is 2.23. The van der Waals surface area contributed by atoms with E-state index in [0.717, 1.165) is 45.1 Å². The monoisotopic (exact) mass is 539 g/mol. The second-order valence-corrected chi connectivity index (χ2v) is 9.44. The van der Waals surface area contributed by atoms with E-state index in [1.54, 1.807) is 31.4 Å². The topological polar surface area (TPSA) is 108 Å². The predicted octanol–water partition coefficient (Wildman–Crippen LogP) is 4.41. The minimum absolute atomic E-state index is 0.00722. The highest BCUT2D eigenvalue weighted by molar-refractivity contribution is 6.03. The molecule has 4 rings (SSSR count). The number of unbranched alkanes of at least 4 members (excludes halogenated alkanes) is 3. The first-order valence-electron chi connectivity index (χ1n) is 13.3. The van der Waals surface area contributed by atoms with Gasteiger partial charge in [-0.15, -0.1) is 0 Å². The molecule has 0 saturated carbocycles. The fourth-order valence-corrected chi connectivity index (χ4v) is 4.90. The van der Waals surface area contributed by atoms with Crippen molar-refractivity contribution >= 4 is 23.7 Å². The summed E-state index contributed by atoms with van der Waals surface area (Å²) in [5.41, 5.74) is 1.61. The first-order valence-corrected chi connectivity index (χ1v) is 13.3. The Morgan fingerprint density at radius 1 is 0.923 bits per heavy atom. The second-order valence-electron chi connectivity index (χ2n) is 9.44. The van der Waals surface area contributed by atoms with Crippen LogP contribution in [0, 0.1) is 0 Å². The number of amides is 2. The number of methoxy groups -OCH3 is 4. The number of ether oxygens (including phenoxy) is 5. The van der Waals surface area contributed by atoms with Crippen LogP contribution in [0.4, 0.5) is 5.69 Å². The van der Waals surface area contributed by atoms with Gasteiger partial charge in [0.15, 0.2) is 23.0 Å². The van der Waals surface area contributed by atoms with Crippen molar-refractivity contribution in [3.63, 3.8) is 0 Å². The van der Waals surface area contributed by atoms with Gasteiger partial charge in [-0.2, -0.15) is 0 Å². The van der Waals surface area contributed by atoms with Crippen molar-refractivity contribution < 1.29 is 33.3 Å². The van der Waals surface area contributed by atoms with Gasteiger partial charge in [0.25, 0.3) is 11.8 Å². The van der Waals surface area contributed by atoms with Crippen LogP contribution in [0.3, 0.4) is 0 Å². The van der Waals surface area contributed by atoms with Crippen LogP contribution in [0.1, 0.15) is 59.2 Å². The lowest BCUT2D eigenvalue weighted by Crippen LogP contribution is -2.35. The molecule has 0 spiro atoms. The van der Waals surface area contributed by atoms with Gasteiger partial charge in [0.05, 0.1) is 52.3 Å². The average Bonchev–Trinajstić information content (AvgIpc) is 3.40. The number of carbonyl (C=O) groups is 2. The lowest BCUT2D eigenvalue weighted by Gasteiger charge is -2.20. The molecule has 0 unspecified atom stereocenters. The van der Waals surface area contributed by atoms with E-state index in [2.05, 4.69) is 10.3 Å². The van der Waals surface area contributed by atoms with Gasteiger partial charge in [0, 0.05) is 30.9 Å². The van der Waals surface area contributed by atoms with E-state index in [4.69, 9.17) is 23.7 Å². The highest BCUT2D eigenvalue weighted by Gasteiger charge is 2.32. The van der Waals surface area contributed by atoms with Crippen LogP contribution in [-0.4, -0.2) is 77.1 Å². The number of nitrogens with one attached hydrogen (secondary N) is 1. The molecule has 10 heteroatoms. The van der Waals surface area contributed by atoms with Crippen LogP contribution >= 0.6 is 0 Å². The molecule has 2 aliphatic rings. The van der Waals surface area contributed by atoms with Crippen molar-refractivity contribution in [2.75, 3.05) is 48.1 Å². The highest BCUT2D eigenvalue weighted by Crippen LogP contribution is 2.39. The van der Waals surface area contributed by atoms with Gasteiger partial charge in [-0.25, -0.2) is 0 Å². The molecular weight excluding hydrogens is 502 g/mol. The number of benzene rings is 2. The van der Waals surface area contributed by atoms with Crippen molar-refractivity contribution in [1.82, 2.24) is 10.2 Å². The summed E-state index contributed by atoms with van der Waals surface area (Å²) in [7, 11) is 6.13. The molecule has 210 valence electrons. The van der Waals surface area contributed by atoms with Gasteiger partial charge < -0.3 is 33.9 Å². The zero-order chi connectivity index (χ0) is 27.8. The third kappa shape index (κ3) is 6.38. The number of rotatable bonds is 13. The smallest absolute Gasteiger partial charge is 0.256 e. The molecule has 1 N–H and O–H groups in total. The first-order chi connectivity index (χ1) is 19.0. The number of carbonyl (C=O) groups excluding carboxylic acids is 2. The van der Waals surface area contributed by atoms with Crippen molar-refractivity contribution in [3.05, 3.63) is 35.4 Å². The lowest BCUT2D eigenvalue weighted by atomic mass is 10.1. The van der Waals surface area contributed by atoms with Crippen molar-refractivity contribution in [3.8, 4) is 28.7 Å². The summed E-state index contributed by atoms with van der Waals surface area (Å²) < 4.78 is 27.5. The Balaban J connectivity index is 1.21. The standard InChI is InChI=1S/C29H37N3O7/c1-35-23-16-21-22(31-18-20-10-9-12-32(20)29(21)34)17-24(23)39-13-8-6-5-7-11-30-28(33)19-14-25(36-2)27(38-4)26(15-19)37-3/h14-18,20H,5-13H2,1-4H3,(H,30,33)/t20-/m0/s1. The Morgan fingerprint density at radius 2 is 1.64 bits per heavy atom. The number of hydrogen-bond donors (Lipinski definition) is 1. The Bertz CT molecular complexity index is 1190. The Hall–Kier alpha value is -3.95. The SMILES string of the molecule is COc1cc2c(cc1OCCCCCCNC(=O)c1cc(OC)c(OC)c(OC)c1)N=C[C@@H]1CCCN1C2=O. The molecule has 2 amide bonds. The van der Waals surface area contributed by atoms with Gasteiger partial charge >= 0.3 is 0 Å². The summed E-state index contributed by atoms with van der Waals surface area (Å²) in [6.45, 7) is 1.82. The molecule has 1 atom stereocenters. The summed E-state index contributed by atoms with van der Waals surface area (Å²) in [4.78, 5) is 32.1. The maximum atomic E-state index is 13.0. The molecule has 39 heavy (non-hydrogen) atoms. The maximum Gasteiger partial charge on any atom is 0.256 e. The molecule has 0 radical (unpaired) electrons. The van der Waals surface area contributed by atoms with Crippen LogP contribution in [0.15, 0.2) is 29.3 Å². The van der Waals surface area contributed by atoms with E-state index in [9.17, 15) is 9.59 Å². The van der Waals surface area contributed by atoms with Crippen molar-refractivity contribution in [2.24, 2.45) is 4.99 Å². The highest BCUT2D eigenvalue weighted by atomic mass is 16.5. The molecular formula is C29H37N3O7. The Labute approximate surface area is 229 Å². The van der Waals surface area contributed by atoms with Crippen molar-refractivity contribution in [1.29, 1.82) is 0 Å². The fourth-order valence-electron chi connectivity index (χ4n) is 4.90. The van der Waals surface area contributed by atoms with Gasteiger partial charge in [0.2, 0.25) is 5.75 Å². The molecule has 2 heterocycles.